The standard InChI is InChI=1S/C19H32N2O3/c1-14-9-10-16(12-15(14)2)21-17(13-23-6)8-7-11-20-18(22)24-19(3,4)5/h9-10,12,17,21H,7-8,11,13H2,1-6H3,(H,20,22). The second-order valence-corrected chi connectivity index (χ2v) is 7.17. The second kappa shape index (κ2) is 9.52. The van der Waals surface area contributed by atoms with Crippen LogP contribution in [0.5, 0.6) is 0 Å². The molecule has 0 heterocycles. The Bertz CT molecular complexity index is 524. The van der Waals surface area contributed by atoms with Gasteiger partial charge in [0.05, 0.1) is 6.61 Å². The summed E-state index contributed by atoms with van der Waals surface area (Å²) in [4.78, 5) is 11.6. The molecular weight excluding hydrogens is 304 g/mol. The summed E-state index contributed by atoms with van der Waals surface area (Å²) in [6.07, 6.45) is 1.38. The number of hydrogen-bond acceptors (Lipinski definition) is 4. The largest absolute Gasteiger partial charge is 0.444 e. The van der Waals surface area contributed by atoms with E-state index in [-0.39, 0.29) is 12.1 Å². The fourth-order valence-electron chi connectivity index (χ4n) is 2.32. The van der Waals surface area contributed by atoms with Crippen molar-refractivity contribution in [3.8, 4) is 0 Å². The second-order valence-electron chi connectivity index (χ2n) is 7.17. The highest BCUT2D eigenvalue weighted by molar-refractivity contribution is 5.67. The van der Waals surface area contributed by atoms with E-state index in [9.17, 15) is 4.79 Å². The van der Waals surface area contributed by atoms with E-state index in [0.717, 1.165) is 18.5 Å². The number of anilines is 1. The summed E-state index contributed by atoms with van der Waals surface area (Å²) in [6.45, 7) is 11.0. The van der Waals surface area contributed by atoms with E-state index in [2.05, 4.69) is 42.7 Å². The van der Waals surface area contributed by atoms with Gasteiger partial charge >= 0.3 is 6.09 Å². The van der Waals surface area contributed by atoms with E-state index in [1.165, 1.54) is 11.1 Å². The van der Waals surface area contributed by atoms with Crippen LogP contribution >= 0.6 is 0 Å². The molecule has 1 rings (SSSR count). The van der Waals surface area contributed by atoms with Crippen LogP contribution in [0.2, 0.25) is 0 Å². The minimum Gasteiger partial charge on any atom is -0.444 e. The summed E-state index contributed by atoms with van der Waals surface area (Å²) in [5, 5.41) is 6.29. The number of carbonyl (C=O) groups is 1. The van der Waals surface area contributed by atoms with Crippen molar-refractivity contribution in [3.63, 3.8) is 0 Å². The molecule has 136 valence electrons. The van der Waals surface area contributed by atoms with E-state index < -0.39 is 5.60 Å². The number of benzene rings is 1. The highest BCUT2D eigenvalue weighted by Crippen LogP contribution is 2.16. The third kappa shape index (κ3) is 8.20. The molecule has 1 aromatic rings. The SMILES string of the molecule is COCC(CCCNC(=O)OC(C)(C)C)Nc1ccc(C)c(C)c1. The average Bonchev–Trinajstić information content (AvgIpc) is 2.46. The van der Waals surface area contributed by atoms with E-state index in [1.54, 1.807) is 7.11 Å². The highest BCUT2D eigenvalue weighted by Gasteiger charge is 2.15. The number of nitrogens with one attached hydrogen (secondary N) is 2. The van der Waals surface area contributed by atoms with Gasteiger partial charge in [-0.05, 0) is 70.7 Å². The van der Waals surface area contributed by atoms with Gasteiger partial charge in [0.25, 0.3) is 0 Å². The van der Waals surface area contributed by atoms with Crippen molar-refractivity contribution in [1.29, 1.82) is 0 Å². The van der Waals surface area contributed by atoms with Crippen molar-refractivity contribution in [1.82, 2.24) is 5.32 Å². The molecule has 5 nitrogen and oxygen atoms in total. The maximum atomic E-state index is 11.6. The minimum absolute atomic E-state index is 0.206. The number of amides is 1. The smallest absolute Gasteiger partial charge is 0.407 e. The Labute approximate surface area is 146 Å². The molecule has 0 saturated carbocycles. The molecule has 0 aromatic heterocycles. The zero-order valence-electron chi connectivity index (χ0n) is 15.9. The normalized spacial score (nSPS) is 12.6. The number of aryl methyl sites for hydroxylation is 2. The summed E-state index contributed by atoms with van der Waals surface area (Å²) < 4.78 is 10.5. The minimum atomic E-state index is -0.465. The van der Waals surface area contributed by atoms with Crippen molar-refractivity contribution in [2.24, 2.45) is 0 Å². The molecule has 0 fully saturated rings. The number of ether oxygens (including phenoxy) is 2. The van der Waals surface area contributed by atoms with Crippen molar-refractivity contribution < 1.29 is 14.3 Å². The predicted molar refractivity (Wildman–Crippen MR) is 98.7 cm³/mol. The molecule has 0 saturated heterocycles. The number of rotatable bonds is 8. The molecule has 5 heteroatoms. The van der Waals surface area contributed by atoms with Gasteiger partial charge in [-0.15, -0.1) is 0 Å². The Morgan fingerprint density at radius 3 is 2.50 bits per heavy atom. The van der Waals surface area contributed by atoms with Crippen LogP contribution in [-0.4, -0.2) is 38.0 Å². The van der Waals surface area contributed by atoms with E-state index in [1.807, 2.05) is 20.8 Å². The van der Waals surface area contributed by atoms with E-state index in [0.29, 0.717) is 13.2 Å². The zero-order valence-corrected chi connectivity index (χ0v) is 15.9. The summed E-state index contributed by atoms with van der Waals surface area (Å²) in [7, 11) is 1.70. The van der Waals surface area contributed by atoms with Gasteiger partial charge in [0, 0.05) is 25.4 Å². The van der Waals surface area contributed by atoms with Crippen molar-refractivity contribution in [2.75, 3.05) is 25.6 Å². The monoisotopic (exact) mass is 336 g/mol. The van der Waals surface area contributed by atoms with Crippen LogP contribution in [-0.2, 0) is 9.47 Å². The van der Waals surface area contributed by atoms with Gasteiger partial charge in [-0.2, -0.15) is 0 Å². The molecule has 0 aliphatic carbocycles. The topological polar surface area (TPSA) is 59.6 Å². The summed E-state index contributed by atoms with van der Waals surface area (Å²) in [5.41, 5.74) is 3.18. The predicted octanol–water partition coefficient (Wildman–Crippen LogP) is 4.04. The van der Waals surface area contributed by atoms with Crippen LogP contribution < -0.4 is 10.6 Å². The molecule has 0 bridgehead atoms. The summed E-state index contributed by atoms with van der Waals surface area (Å²) in [6, 6.07) is 6.56. The zero-order chi connectivity index (χ0) is 18.2. The van der Waals surface area contributed by atoms with Gasteiger partial charge in [0.1, 0.15) is 5.60 Å². The molecule has 1 aromatic carbocycles. The molecular formula is C19H32N2O3. The van der Waals surface area contributed by atoms with Crippen LogP contribution in [0.3, 0.4) is 0 Å². The van der Waals surface area contributed by atoms with Crippen LogP contribution in [0.25, 0.3) is 0 Å². The highest BCUT2D eigenvalue weighted by atomic mass is 16.6. The van der Waals surface area contributed by atoms with Crippen molar-refractivity contribution >= 4 is 11.8 Å². The van der Waals surface area contributed by atoms with Crippen LogP contribution in [0.15, 0.2) is 18.2 Å². The first-order valence-corrected chi connectivity index (χ1v) is 8.51. The summed E-state index contributed by atoms with van der Waals surface area (Å²) >= 11 is 0. The quantitative estimate of drug-likeness (QED) is 0.704. The Morgan fingerprint density at radius 2 is 1.92 bits per heavy atom. The number of carbonyl (C=O) groups excluding carboxylic acids is 1. The van der Waals surface area contributed by atoms with E-state index in [4.69, 9.17) is 9.47 Å². The van der Waals surface area contributed by atoms with Crippen molar-refractivity contribution in [3.05, 3.63) is 29.3 Å². The molecule has 1 unspecified atom stereocenters. The van der Waals surface area contributed by atoms with Gasteiger partial charge in [-0.25, -0.2) is 4.79 Å². The van der Waals surface area contributed by atoms with Crippen LogP contribution in [0.1, 0.15) is 44.7 Å². The maximum absolute atomic E-state index is 11.6. The third-order valence-electron chi connectivity index (χ3n) is 3.64. The lowest BCUT2D eigenvalue weighted by molar-refractivity contribution is 0.0526. The fourth-order valence-corrected chi connectivity index (χ4v) is 2.32. The first kappa shape index (κ1) is 20.3. The third-order valence-corrected chi connectivity index (χ3v) is 3.64. The van der Waals surface area contributed by atoms with E-state index >= 15 is 0 Å². The van der Waals surface area contributed by atoms with Gasteiger partial charge in [-0.3, -0.25) is 0 Å². The Hall–Kier alpha value is -1.75. The molecule has 0 radical (unpaired) electrons. The Balaban J connectivity index is 2.40. The van der Waals surface area contributed by atoms with Crippen LogP contribution in [0, 0.1) is 13.8 Å². The molecule has 0 aliphatic heterocycles. The van der Waals surface area contributed by atoms with Gasteiger partial charge in [0.2, 0.25) is 0 Å². The first-order valence-electron chi connectivity index (χ1n) is 8.51. The Kier molecular flexibility index (Phi) is 8.05. The molecule has 24 heavy (non-hydrogen) atoms. The maximum Gasteiger partial charge on any atom is 0.407 e. The Morgan fingerprint density at radius 1 is 1.21 bits per heavy atom. The fraction of sp³-hybridized carbons (Fsp3) is 0.632. The number of hydrogen-bond donors (Lipinski definition) is 2. The molecule has 0 spiro atoms. The molecule has 2 N–H and O–H groups in total. The lowest BCUT2D eigenvalue weighted by Crippen LogP contribution is -2.33. The lowest BCUT2D eigenvalue weighted by atomic mass is 10.1. The molecule has 0 aliphatic rings. The average molecular weight is 336 g/mol. The first-order chi connectivity index (χ1) is 11.2. The number of alkyl carbamates (subject to hydrolysis) is 1. The molecule has 1 amide bonds. The van der Waals surface area contributed by atoms with Gasteiger partial charge in [0.15, 0.2) is 0 Å². The lowest BCUT2D eigenvalue weighted by Gasteiger charge is -2.21. The van der Waals surface area contributed by atoms with Crippen molar-refractivity contribution in [2.45, 2.75) is 59.1 Å². The van der Waals surface area contributed by atoms with Crippen LogP contribution in [0.4, 0.5) is 10.5 Å². The van der Waals surface area contributed by atoms with Gasteiger partial charge in [-0.1, -0.05) is 6.07 Å². The molecule has 1 atom stereocenters. The van der Waals surface area contributed by atoms with Gasteiger partial charge < -0.3 is 20.1 Å². The summed E-state index contributed by atoms with van der Waals surface area (Å²) in [5.74, 6) is 0. The number of methoxy groups -OCH3 is 1.